The normalized spacial score (nSPS) is 11.6. The second kappa shape index (κ2) is 12.2. The number of halogens is 4. The summed E-state index contributed by atoms with van der Waals surface area (Å²) in [4.78, 5) is 12.7. The fraction of sp³-hybridized carbons (Fsp3) is 0.133. The monoisotopic (exact) mass is 642 g/mol. The molecular weight excluding hydrogens is 620 g/mol. The van der Waals surface area contributed by atoms with Gasteiger partial charge >= 0.3 is 6.18 Å². The Kier molecular flexibility index (Phi) is 8.76. The number of amides is 1. The lowest BCUT2D eigenvalue weighted by Gasteiger charge is -2.15. The Labute approximate surface area is 237 Å². The highest BCUT2D eigenvalue weighted by atomic mass is 127. The van der Waals surface area contributed by atoms with E-state index in [1.54, 1.807) is 12.1 Å². The van der Waals surface area contributed by atoms with Crippen LogP contribution in [0.25, 0.3) is 16.8 Å². The summed E-state index contributed by atoms with van der Waals surface area (Å²) in [5, 5.41) is 14.2. The molecule has 0 atom stereocenters. The standard InChI is InChI=1S/C30H22F3IN2O3/c1-2-38-27-15-20(13-23(17-35)29(37)36-25-9-5-8-24(16-25)30(31,32)33)14-26(34)28(27)39-18-19-10-11-21-6-3-4-7-22(21)12-19/h3-16H,2,18H2,1H3,(H,36,37)/b23-13-. The third-order valence-electron chi connectivity index (χ3n) is 5.65. The first-order valence-corrected chi connectivity index (χ1v) is 12.9. The van der Waals surface area contributed by atoms with Crippen LogP contribution >= 0.6 is 22.6 Å². The molecule has 0 heterocycles. The minimum absolute atomic E-state index is 0.0713. The zero-order valence-electron chi connectivity index (χ0n) is 20.7. The number of fused-ring (bicyclic) bond motifs is 1. The van der Waals surface area contributed by atoms with E-state index >= 15 is 0 Å². The minimum Gasteiger partial charge on any atom is -0.490 e. The Morgan fingerprint density at radius 2 is 1.77 bits per heavy atom. The summed E-state index contributed by atoms with van der Waals surface area (Å²) < 4.78 is 51.6. The molecule has 4 aromatic carbocycles. The first kappa shape index (κ1) is 28.0. The number of nitriles is 1. The largest absolute Gasteiger partial charge is 0.490 e. The second-order valence-electron chi connectivity index (χ2n) is 8.44. The van der Waals surface area contributed by atoms with Gasteiger partial charge in [0.25, 0.3) is 5.91 Å². The summed E-state index contributed by atoms with van der Waals surface area (Å²) in [6.07, 6.45) is -3.21. The number of rotatable bonds is 8. The van der Waals surface area contributed by atoms with Gasteiger partial charge in [0.15, 0.2) is 11.5 Å². The van der Waals surface area contributed by atoms with Crippen molar-refractivity contribution in [1.82, 2.24) is 0 Å². The maximum absolute atomic E-state index is 13.0. The van der Waals surface area contributed by atoms with Gasteiger partial charge in [0.2, 0.25) is 0 Å². The first-order valence-electron chi connectivity index (χ1n) is 11.8. The van der Waals surface area contributed by atoms with Crippen molar-refractivity contribution in [3.63, 3.8) is 0 Å². The molecule has 0 aliphatic rings. The van der Waals surface area contributed by atoms with E-state index in [2.05, 4.69) is 34.0 Å². The predicted molar refractivity (Wildman–Crippen MR) is 152 cm³/mol. The van der Waals surface area contributed by atoms with Gasteiger partial charge in [-0.1, -0.05) is 42.5 Å². The quantitative estimate of drug-likeness (QED) is 0.120. The predicted octanol–water partition coefficient (Wildman–Crippen LogP) is 7.99. The molecule has 39 heavy (non-hydrogen) atoms. The van der Waals surface area contributed by atoms with Gasteiger partial charge in [-0.2, -0.15) is 18.4 Å². The fourth-order valence-electron chi connectivity index (χ4n) is 3.85. The van der Waals surface area contributed by atoms with Crippen LogP contribution in [0.4, 0.5) is 18.9 Å². The van der Waals surface area contributed by atoms with E-state index < -0.39 is 17.6 Å². The molecule has 198 valence electrons. The molecule has 0 bridgehead atoms. The number of hydrogen-bond acceptors (Lipinski definition) is 4. The van der Waals surface area contributed by atoms with Gasteiger partial charge in [0.1, 0.15) is 18.2 Å². The van der Waals surface area contributed by atoms with Crippen molar-refractivity contribution in [3.8, 4) is 17.6 Å². The second-order valence-corrected chi connectivity index (χ2v) is 9.60. The number of hydrogen-bond donors (Lipinski definition) is 1. The molecule has 9 heteroatoms. The first-order chi connectivity index (χ1) is 18.7. The van der Waals surface area contributed by atoms with Crippen LogP contribution in [-0.4, -0.2) is 12.5 Å². The zero-order chi connectivity index (χ0) is 28.0. The van der Waals surface area contributed by atoms with Gasteiger partial charge in [-0.05, 0) is 93.9 Å². The van der Waals surface area contributed by atoms with Gasteiger partial charge in [-0.3, -0.25) is 4.79 Å². The molecule has 0 saturated heterocycles. The lowest BCUT2D eigenvalue weighted by molar-refractivity contribution is -0.137. The van der Waals surface area contributed by atoms with Crippen LogP contribution in [0.15, 0.2) is 84.4 Å². The van der Waals surface area contributed by atoms with Crippen molar-refractivity contribution >= 4 is 51.0 Å². The number of nitrogens with one attached hydrogen (secondary N) is 1. The summed E-state index contributed by atoms with van der Waals surface area (Å²) >= 11 is 2.09. The molecule has 4 rings (SSSR count). The molecule has 0 aromatic heterocycles. The third-order valence-corrected chi connectivity index (χ3v) is 6.45. The van der Waals surface area contributed by atoms with Crippen LogP contribution in [0.1, 0.15) is 23.6 Å². The van der Waals surface area contributed by atoms with Crippen LogP contribution in [-0.2, 0) is 17.6 Å². The topological polar surface area (TPSA) is 71.3 Å². The van der Waals surface area contributed by atoms with Crippen LogP contribution in [0.3, 0.4) is 0 Å². The molecule has 0 aliphatic carbocycles. The van der Waals surface area contributed by atoms with E-state index in [-0.39, 0.29) is 11.3 Å². The lowest BCUT2D eigenvalue weighted by atomic mass is 10.1. The maximum Gasteiger partial charge on any atom is 0.416 e. The van der Waals surface area contributed by atoms with Gasteiger partial charge in [-0.15, -0.1) is 0 Å². The van der Waals surface area contributed by atoms with E-state index in [1.165, 1.54) is 18.2 Å². The Hall–Kier alpha value is -4.04. The Morgan fingerprint density at radius 3 is 2.49 bits per heavy atom. The average Bonchev–Trinajstić information content (AvgIpc) is 2.91. The van der Waals surface area contributed by atoms with Gasteiger partial charge in [0.05, 0.1) is 15.7 Å². The summed E-state index contributed by atoms with van der Waals surface area (Å²) in [6.45, 7) is 2.49. The van der Waals surface area contributed by atoms with E-state index in [0.717, 1.165) is 28.5 Å². The zero-order valence-corrected chi connectivity index (χ0v) is 22.8. The average molecular weight is 642 g/mol. The SMILES string of the molecule is CCOc1cc(/C=C(/C#N)C(=O)Nc2cccc(C(F)(F)F)c2)cc(I)c1OCc1ccc2ccccc2c1. The molecule has 0 fully saturated rings. The Balaban J connectivity index is 1.55. The summed E-state index contributed by atoms with van der Waals surface area (Å²) in [5.74, 6) is 0.128. The Morgan fingerprint density at radius 1 is 1.00 bits per heavy atom. The highest BCUT2D eigenvalue weighted by Crippen LogP contribution is 2.36. The number of carbonyl (C=O) groups excluding carboxylic acids is 1. The van der Waals surface area contributed by atoms with Crippen LogP contribution in [0.5, 0.6) is 11.5 Å². The molecule has 5 nitrogen and oxygen atoms in total. The van der Waals surface area contributed by atoms with Crippen molar-refractivity contribution < 1.29 is 27.4 Å². The molecule has 1 amide bonds. The molecule has 0 saturated carbocycles. The molecule has 0 spiro atoms. The molecule has 4 aromatic rings. The van der Waals surface area contributed by atoms with Gasteiger partial charge in [0, 0.05) is 5.69 Å². The molecule has 0 radical (unpaired) electrons. The third kappa shape index (κ3) is 7.09. The van der Waals surface area contributed by atoms with E-state index in [1.807, 2.05) is 49.4 Å². The highest BCUT2D eigenvalue weighted by molar-refractivity contribution is 14.1. The molecular formula is C30H22F3IN2O3. The number of ether oxygens (including phenoxy) is 2. The number of nitrogens with zero attached hydrogens (tertiary/aromatic N) is 1. The van der Waals surface area contributed by atoms with E-state index in [4.69, 9.17) is 9.47 Å². The van der Waals surface area contributed by atoms with Crippen molar-refractivity contribution in [1.29, 1.82) is 5.26 Å². The van der Waals surface area contributed by atoms with Crippen LogP contribution in [0, 0.1) is 14.9 Å². The van der Waals surface area contributed by atoms with Crippen molar-refractivity contribution in [2.75, 3.05) is 11.9 Å². The van der Waals surface area contributed by atoms with Crippen molar-refractivity contribution in [3.05, 3.63) is 105 Å². The molecule has 0 aliphatic heterocycles. The number of benzene rings is 4. The number of carbonyl (C=O) groups is 1. The van der Waals surface area contributed by atoms with E-state index in [0.29, 0.717) is 33.8 Å². The van der Waals surface area contributed by atoms with Crippen molar-refractivity contribution in [2.24, 2.45) is 0 Å². The fourth-order valence-corrected chi connectivity index (χ4v) is 4.63. The van der Waals surface area contributed by atoms with Gasteiger partial charge < -0.3 is 14.8 Å². The van der Waals surface area contributed by atoms with Crippen LogP contribution in [0.2, 0.25) is 0 Å². The van der Waals surface area contributed by atoms with Gasteiger partial charge in [-0.25, -0.2) is 0 Å². The van der Waals surface area contributed by atoms with Crippen LogP contribution < -0.4 is 14.8 Å². The summed E-state index contributed by atoms with van der Waals surface area (Å²) in [6, 6.07) is 23.5. The minimum atomic E-state index is -4.56. The summed E-state index contributed by atoms with van der Waals surface area (Å²) in [7, 11) is 0. The highest BCUT2D eigenvalue weighted by Gasteiger charge is 2.30. The maximum atomic E-state index is 13.0. The Bertz CT molecular complexity index is 1590. The smallest absolute Gasteiger partial charge is 0.416 e. The molecule has 1 N–H and O–H groups in total. The van der Waals surface area contributed by atoms with E-state index in [9.17, 15) is 23.2 Å². The summed E-state index contributed by atoms with van der Waals surface area (Å²) in [5.41, 5.74) is 0.220. The number of alkyl halides is 3. The van der Waals surface area contributed by atoms with Crippen molar-refractivity contribution in [2.45, 2.75) is 19.7 Å². The molecule has 0 unspecified atom stereocenters. The number of anilines is 1. The lowest BCUT2D eigenvalue weighted by Crippen LogP contribution is -2.14.